The molecule has 132 valence electrons. The van der Waals surface area contributed by atoms with Crippen molar-refractivity contribution in [3.8, 4) is 5.69 Å². The zero-order valence-corrected chi connectivity index (χ0v) is 14.9. The highest BCUT2D eigenvalue weighted by Crippen LogP contribution is 2.21. The highest BCUT2D eigenvalue weighted by atomic mass is 32.2. The lowest BCUT2D eigenvalue weighted by atomic mass is 10.2. The van der Waals surface area contributed by atoms with Crippen molar-refractivity contribution in [2.75, 3.05) is 11.6 Å². The third-order valence-electron chi connectivity index (χ3n) is 3.72. The Bertz CT molecular complexity index is 986. The second kappa shape index (κ2) is 7.36. The minimum atomic E-state index is -0.484. The summed E-state index contributed by atoms with van der Waals surface area (Å²) in [7, 11) is 0. The molecule has 0 bridgehead atoms. The third kappa shape index (κ3) is 3.57. The summed E-state index contributed by atoms with van der Waals surface area (Å²) < 4.78 is 1.40. The summed E-state index contributed by atoms with van der Waals surface area (Å²) in [5.74, 6) is -0.391. The Kier molecular flexibility index (Phi) is 4.99. The van der Waals surface area contributed by atoms with E-state index >= 15 is 0 Å². The molecule has 0 radical (unpaired) electrons. The number of non-ortho nitro benzene ring substituents is 1. The topological polar surface area (TPSA) is 103 Å². The van der Waals surface area contributed by atoms with Crippen LogP contribution in [-0.2, 0) is 0 Å². The van der Waals surface area contributed by atoms with Crippen molar-refractivity contribution in [2.45, 2.75) is 11.8 Å². The maximum atomic E-state index is 12.5. The standard InChI is InChI=1S/C17H15N5O3S/c1-11-16(17(23)18-12-5-3-8-15(9-12)26-2)19-20-21(11)13-6-4-7-14(10-13)22(24)25/h3-10H,1-2H3,(H,18,23). The Morgan fingerprint density at radius 3 is 2.73 bits per heavy atom. The number of amides is 1. The first-order valence-electron chi connectivity index (χ1n) is 7.62. The van der Waals surface area contributed by atoms with Crippen LogP contribution in [0.25, 0.3) is 5.69 Å². The highest BCUT2D eigenvalue weighted by molar-refractivity contribution is 7.98. The summed E-state index contributed by atoms with van der Waals surface area (Å²) in [4.78, 5) is 24.0. The molecule has 8 nitrogen and oxygen atoms in total. The molecular weight excluding hydrogens is 354 g/mol. The fourth-order valence-electron chi connectivity index (χ4n) is 2.41. The predicted octanol–water partition coefficient (Wildman–Crippen LogP) is 3.46. The van der Waals surface area contributed by atoms with Gasteiger partial charge in [-0.05, 0) is 37.4 Å². The molecule has 0 fully saturated rings. The molecule has 0 saturated carbocycles. The number of nitrogens with one attached hydrogen (secondary N) is 1. The van der Waals surface area contributed by atoms with Gasteiger partial charge in [0.1, 0.15) is 0 Å². The lowest BCUT2D eigenvalue weighted by molar-refractivity contribution is -0.384. The first-order chi connectivity index (χ1) is 12.5. The van der Waals surface area contributed by atoms with Crippen molar-refractivity contribution >= 4 is 29.0 Å². The van der Waals surface area contributed by atoms with Gasteiger partial charge in [-0.25, -0.2) is 4.68 Å². The smallest absolute Gasteiger partial charge is 0.278 e. The van der Waals surface area contributed by atoms with E-state index in [9.17, 15) is 14.9 Å². The van der Waals surface area contributed by atoms with Crippen LogP contribution >= 0.6 is 11.8 Å². The van der Waals surface area contributed by atoms with Gasteiger partial charge in [-0.2, -0.15) is 0 Å². The Balaban J connectivity index is 1.87. The maximum absolute atomic E-state index is 12.5. The molecule has 0 aliphatic heterocycles. The van der Waals surface area contributed by atoms with Crippen LogP contribution in [0.1, 0.15) is 16.2 Å². The minimum absolute atomic E-state index is 0.0581. The Hall–Kier alpha value is -3.20. The van der Waals surface area contributed by atoms with E-state index in [1.165, 1.54) is 16.8 Å². The number of hydrogen-bond acceptors (Lipinski definition) is 6. The number of rotatable bonds is 5. The molecule has 1 amide bonds. The van der Waals surface area contributed by atoms with Crippen molar-refractivity contribution in [3.05, 3.63) is 70.0 Å². The van der Waals surface area contributed by atoms with Gasteiger partial charge in [0, 0.05) is 22.7 Å². The second-order valence-electron chi connectivity index (χ2n) is 5.40. The molecule has 0 unspecified atom stereocenters. The van der Waals surface area contributed by atoms with Crippen LogP contribution in [0.5, 0.6) is 0 Å². The van der Waals surface area contributed by atoms with Crippen LogP contribution in [0, 0.1) is 17.0 Å². The van der Waals surface area contributed by atoms with Gasteiger partial charge in [0.05, 0.1) is 16.3 Å². The van der Waals surface area contributed by atoms with E-state index in [1.54, 1.807) is 36.9 Å². The monoisotopic (exact) mass is 369 g/mol. The van der Waals surface area contributed by atoms with Gasteiger partial charge < -0.3 is 5.32 Å². The summed E-state index contributed by atoms with van der Waals surface area (Å²) in [6, 6.07) is 13.5. The van der Waals surface area contributed by atoms with Gasteiger partial charge in [-0.15, -0.1) is 16.9 Å². The quantitative estimate of drug-likeness (QED) is 0.420. The fraction of sp³-hybridized carbons (Fsp3) is 0.118. The van der Waals surface area contributed by atoms with Crippen LogP contribution in [0.3, 0.4) is 0 Å². The maximum Gasteiger partial charge on any atom is 0.278 e. The number of nitrogens with zero attached hydrogens (tertiary/aromatic N) is 4. The van der Waals surface area contributed by atoms with Gasteiger partial charge in [0.25, 0.3) is 11.6 Å². The summed E-state index contributed by atoms with van der Waals surface area (Å²) in [5.41, 5.74) is 1.71. The molecule has 9 heteroatoms. The molecule has 0 saturated heterocycles. The molecule has 1 aromatic heterocycles. The summed E-state index contributed by atoms with van der Waals surface area (Å²) in [6.45, 7) is 1.69. The summed E-state index contributed by atoms with van der Waals surface area (Å²) in [5, 5.41) is 21.6. The van der Waals surface area contributed by atoms with Crippen molar-refractivity contribution in [3.63, 3.8) is 0 Å². The van der Waals surface area contributed by atoms with Crippen LogP contribution in [0.15, 0.2) is 53.4 Å². The molecule has 3 aromatic rings. The van der Waals surface area contributed by atoms with Crippen LogP contribution < -0.4 is 5.32 Å². The number of nitro groups is 1. The molecule has 26 heavy (non-hydrogen) atoms. The van der Waals surface area contributed by atoms with Crippen LogP contribution in [0.2, 0.25) is 0 Å². The normalized spacial score (nSPS) is 10.5. The van der Waals surface area contributed by atoms with Crippen LogP contribution in [-0.4, -0.2) is 32.1 Å². The van der Waals surface area contributed by atoms with Gasteiger partial charge in [-0.3, -0.25) is 14.9 Å². The van der Waals surface area contributed by atoms with Crippen molar-refractivity contribution in [1.29, 1.82) is 0 Å². The van der Waals surface area contributed by atoms with E-state index in [-0.39, 0.29) is 11.4 Å². The average molecular weight is 369 g/mol. The number of hydrogen-bond donors (Lipinski definition) is 1. The molecular formula is C17H15N5O3S. The number of thioether (sulfide) groups is 1. The minimum Gasteiger partial charge on any atom is -0.320 e. The summed E-state index contributed by atoms with van der Waals surface area (Å²) in [6.07, 6.45) is 1.95. The largest absolute Gasteiger partial charge is 0.320 e. The van der Waals surface area contributed by atoms with Gasteiger partial charge >= 0.3 is 0 Å². The zero-order chi connectivity index (χ0) is 18.7. The first kappa shape index (κ1) is 17.6. The fourth-order valence-corrected chi connectivity index (χ4v) is 2.87. The second-order valence-corrected chi connectivity index (χ2v) is 6.28. The van der Waals surface area contributed by atoms with E-state index in [2.05, 4.69) is 15.6 Å². The predicted molar refractivity (Wildman–Crippen MR) is 98.9 cm³/mol. The number of aromatic nitrogens is 3. The lowest BCUT2D eigenvalue weighted by Gasteiger charge is -2.06. The van der Waals surface area contributed by atoms with Gasteiger partial charge in [-0.1, -0.05) is 17.3 Å². The van der Waals surface area contributed by atoms with Crippen molar-refractivity contribution in [1.82, 2.24) is 15.0 Å². The van der Waals surface area contributed by atoms with E-state index in [1.807, 2.05) is 24.5 Å². The molecule has 2 aromatic carbocycles. The molecule has 1 N–H and O–H groups in total. The lowest BCUT2D eigenvalue weighted by Crippen LogP contribution is -2.14. The molecule has 0 spiro atoms. The number of nitro benzene ring substituents is 1. The SMILES string of the molecule is CSc1cccc(NC(=O)c2nnn(-c3cccc([N+](=O)[O-])c3)c2C)c1. The van der Waals surface area contributed by atoms with Gasteiger partial charge in [0.2, 0.25) is 0 Å². The molecule has 0 aliphatic rings. The Labute approximate surface area is 153 Å². The number of benzene rings is 2. The molecule has 0 aliphatic carbocycles. The van der Waals surface area contributed by atoms with E-state index in [4.69, 9.17) is 0 Å². The molecule has 0 atom stereocenters. The van der Waals surface area contributed by atoms with E-state index in [0.29, 0.717) is 17.1 Å². The zero-order valence-electron chi connectivity index (χ0n) is 14.0. The molecule has 3 rings (SSSR count). The van der Waals surface area contributed by atoms with Crippen LogP contribution in [0.4, 0.5) is 11.4 Å². The Morgan fingerprint density at radius 1 is 1.23 bits per heavy atom. The Morgan fingerprint density at radius 2 is 2.00 bits per heavy atom. The highest BCUT2D eigenvalue weighted by Gasteiger charge is 2.18. The van der Waals surface area contributed by atoms with E-state index in [0.717, 1.165) is 4.90 Å². The summed E-state index contributed by atoms with van der Waals surface area (Å²) >= 11 is 1.58. The number of carbonyl (C=O) groups excluding carboxylic acids is 1. The third-order valence-corrected chi connectivity index (χ3v) is 4.45. The van der Waals surface area contributed by atoms with Crippen molar-refractivity contribution in [2.24, 2.45) is 0 Å². The first-order valence-corrected chi connectivity index (χ1v) is 8.84. The van der Waals surface area contributed by atoms with Gasteiger partial charge in [0.15, 0.2) is 5.69 Å². The number of carbonyl (C=O) groups is 1. The number of anilines is 1. The molecule has 1 heterocycles. The van der Waals surface area contributed by atoms with Crippen molar-refractivity contribution < 1.29 is 9.72 Å². The average Bonchev–Trinajstić information content (AvgIpc) is 3.03. The van der Waals surface area contributed by atoms with E-state index < -0.39 is 10.8 Å².